The predicted molar refractivity (Wildman–Crippen MR) is 134 cm³/mol. The number of pyridine rings is 1. The number of benzene rings is 2. The second-order valence-electron chi connectivity index (χ2n) is 9.25. The molecule has 176 valence electrons. The summed E-state index contributed by atoms with van der Waals surface area (Å²) in [5.74, 6) is 5.44. The third-order valence-corrected chi connectivity index (χ3v) is 7.04. The first-order valence-corrected chi connectivity index (χ1v) is 12.2. The number of likely N-dealkylation sites (tertiary alicyclic amines) is 1. The topological polar surface area (TPSA) is 48.7 Å². The van der Waals surface area contributed by atoms with Crippen LogP contribution >= 0.6 is 0 Å². The summed E-state index contributed by atoms with van der Waals surface area (Å²) >= 11 is 0. The molecule has 5 nitrogen and oxygen atoms in total. The minimum absolute atomic E-state index is 0.201. The van der Waals surface area contributed by atoms with Crippen molar-refractivity contribution in [3.05, 3.63) is 70.4 Å². The Bertz CT molecular complexity index is 1320. The van der Waals surface area contributed by atoms with Crippen molar-refractivity contribution < 1.29 is 9.50 Å². The quantitative estimate of drug-likeness (QED) is 0.601. The Kier molecular flexibility index (Phi) is 6.40. The highest BCUT2D eigenvalue weighted by Crippen LogP contribution is 2.28. The van der Waals surface area contributed by atoms with Crippen molar-refractivity contribution in [2.24, 2.45) is 0 Å². The molecule has 2 aliphatic rings. The maximum Gasteiger partial charge on any atom is 0.262 e. The van der Waals surface area contributed by atoms with Gasteiger partial charge in [-0.25, -0.2) is 4.39 Å². The van der Waals surface area contributed by atoms with Crippen LogP contribution in [0.15, 0.2) is 53.5 Å². The van der Waals surface area contributed by atoms with Gasteiger partial charge in [0.05, 0.1) is 11.4 Å². The summed E-state index contributed by atoms with van der Waals surface area (Å²) in [5.41, 5.74) is 1.66. The van der Waals surface area contributed by atoms with Crippen LogP contribution < -0.4 is 10.5 Å². The second-order valence-corrected chi connectivity index (χ2v) is 9.25. The number of hydrogen-bond acceptors (Lipinski definition) is 4. The normalized spacial score (nSPS) is 19.4. The summed E-state index contributed by atoms with van der Waals surface area (Å²) in [6, 6.07) is 12.8. The Morgan fingerprint density at radius 1 is 1.12 bits per heavy atom. The average molecular weight is 460 g/mol. The van der Waals surface area contributed by atoms with E-state index in [-0.39, 0.29) is 11.4 Å². The number of fused-ring (bicyclic) bond motifs is 1. The molecule has 1 aromatic heterocycles. The molecule has 2 atom stereocenters. The van der Waals surface area contributed by atoms with Crippen LogP contribution in [0.1, 0.15) is 38.2 Å². The number of halogens is 1. The van der Waals surface area contributed by atoms with E-state index in [2.05, 4.69) is 21.6 Å². The van der Waals surface area contributed by atoms with Crippen LogP contribution in [0.4, 0.5) is 10.1 Å². The summed E-state index contributed by atoms with van der Waals surface area (Å²) in [5, 5.41) is 11.0. The number of nitrogens with zero attached hydrogens (tertiary/aromatic N) is 3. The maximum absolute atomic E-state index is 15.2. The SMILES string of the molecule is CC[C@H](O)C#Cc1ccc2c(=O)n(-c3ccc(N4CC[C@@H](N5CCCC5)C4)c(F)c3)ccc2c1. The maximum atomic E-state index is 15.2. The van der Waals surface area contributed by atoms with Crippen molar-refractivity contribution in [3.63, 3.8) is 0 Å². The molecule has 3 aromatic rings. The Balaban J connectivity index is 1.39. The van der Waals surface area contributed by atoms with Gasteiger partial charge in [0, 0.05) is 42.3 Å². The minimum Gasteiger partial charge on any atom is -0.380 e. The predicted octanol–water partition coefficient (Wildman–Crippen LogP) is 3.93. The Morgan fingerprint density at radius 2 is 1.94 bits per heavy atom. The van der Waals surface area contributed by atoms with Crippen LogP contribution in [-0.4, -0.2) is 52.9 Å². The summed E-state index contributed by atoms with van der Waals surface area (Å²) in [6.07, 6.45) is 5.17. The van der Waals surface area contributed by atoms with Gasteiger partial charge in [0.25, 0.3) is 5.56 Å². The van der Waals surface area contributed by atoms with Crippen LogP contribution in [0.2, 0.25) is 0 Å². The number of anilines is 1. The van der Waals surface area contributed by atoms with Crippen molar-refractivity contribution in [3.8, 4) is 17.5 Å². The zero-order chi connectivity index (χ0) is 23.7. The van der Waals surface area contributed by atoms with E-state index >= 15 is 4.39 Å². The summed E-state index contributed by atoms with van der Waals surface area (Å²) in [4.78, 5) is 17.8. The molecule has 0 unspecified atom stereocenters. The lowest BCUT2D eigenvalue weighted by molar-refractivity contribution is 0.228. The van der Waals surface area contributed by atoms with E-state index in [4.69, 9.17) is 0 Å². The molecule has 2 fully saturated rings. The summed E-state index contributed by atoms with van der Waals surface area (Å²) in [7, 11) is 0. The lowest BCUT2D eigenvalue weighted by Gasteiger charge is -2.25. The number of aromatic nitrogens is 1. The van der Waals surface area contributed by atoms with E-state index in [1.54, 1.807) is 24.4 Å². The zero-order valence-corrected chi connectivity index (χ0v) is 19.5. The molecular weight excluding hydrogens is 429 g/mol. The smallest absolute Gasteiger partial charge is 0.262 e. The van der Waals surface area contributed by atoms with Gasteiger partial charge in [-0.15, -0.1) is 0 Å². The zero-order valence-electron chi connectivity index (χ0n) is 19.5. The first-order valence-electron chi connectivity index (χ1n) is 12.2. The number of rotatable bonds is 4. The molecule has 5 rings (SSSR count). The Morgan fingerprint density at radius 3 is 2.71 bits per heavy atom. The molecule has 1 N–H and O–H groups in total. The molecule has 2 saturated heterocycles. The molecule has 2 aliphatic heterocycles. The molecule has 6 heteroatoms. The van der Waals surface area contributed by atoms with Gasteiger partial charge in [0.1, 0.15) is 11.9 Å². The second kappa shape index (κ2) is 9.61. The standard InChI is InChI=1S/C28H30FN3O2/c1-2-24(33)8-5-20-6-9-25-21(17-20)11-16-32(28(25)34)22-7-10-27(26(29)18-22)31-15-12-23(19-31)30-13-3-4-14-30/h6-7,9-11,16-18,23-24,33H,2-4,12-15,19H2,1H3/t23-,24+/m1/s1. The van der Waals surface area contributed by atoms with Crippen molar-refractivity contribution in [2.75, 3.05) is 31.1 Å². The highest BCUT2D eigenvalue weighted by molar-refractivity contribution is 5.83. The van der Waals surface area contributed by atoms with E-state index in [0.717, 1.165) is 43.5 Å². The minimum atomic E-state index is -0.659. The fourth-order valence-corrected chi connectivity index (χ4v) is 5.06. The average Bonchev–Trinajstić information content (AvgIpc) is 3.55. The van der Waals surface area contributed by atoms with Crippen LogP contribution in [0.5, 0.6) is 0 Å². The Labute approximate surface area is 199 Å². The fourth-order valence-electron chi connectivity index (χ4n) is 5.06. The summed E-state index contributed by atoms with van der Waals surface area (Å²) < 4.78 is 16.6. The molecule has 34 heavy (non-hydrogen) atoms. The van der Waals surface area contributed by atoms with Crippen molar-refractivity contribution in [2.45, 2.75) is 44.8 Å². The molecule has 3 heterocycles. The van der Waals surface area contributed by atoms with Crippen molar-refractivity contribution in [1.29, 1.82) is 0 Å². The van der Waals surface area contributed by atoms with Crippen LogP contribution in [-0.2, 0) is 0 Å². The van der Waals surface area contributed by atoms with Gasteiger partial charge in [-0.3, -0.25) is 14.3 Å². The van der Waals surface area contributed by atoms with Gasteiger partial charge in [0.15, 0.2) is 0 Å². The number of aliphatic hydroxyl groups excluding tert-OH is 1. The highest BCUT2D eigenvalue weighted by atomic mass is 19.1. The lowest BCUT2D eigenvalue weighted by atomic mass is 10.1. The highest BCUT2D eigenvalue weighted by Gasteiger charge is 2.30. The van der Waals surface area contributed by atoms with Crippen molar-refractivity contribution >= 4 is 16.5 Å². The molecule has 0 saturated carbocycles. The third kappa shape index (κ3) is 4.46. The van der Waals surface area contributed by atoms with E-state index in [9.17, 15) is 9.90 Å². The van der Waals surface area contributed by atoms with E-state index in [1.807, 2.05) is 25.1 Å². The van der Waals surface area contributed by atoms with E-state index in [1.165, 1.54) is 23.5 Å². The van der Waals surface area contributed by atoms with Gasteiger partial charge in [-0.05, 0) is 80.6 Å². The van der Waals surface area contributed by atoms with Crippen LogP contribution in [0, 0.1) is 17.7 Å². The molecule has 0 amide bonds. The van der Waals surface area contributed by atoms with Gasteiger partial charge in [0.2, 0.25) is 0 Å². The lowest BCUT2D eigenvalue weighted by Crippen LogP contribution is -2.35. The largest absolute Gasteiger partial charge is 0.380 e. The molecular formula is C28H30FN3O2. The third-order valence-electron chi connectivity index (χ3n) is 7.04. The summed E-state index contributed by atoms with van der Waals surface area (Å²) in [6.45, 7) is 5.88. The molecule has 0 spiro atoms. The number of aliphatic hydroxyl groups is 1. The first kappa shape index (κ1) is 22.6. The molecule has 0 aliphatic carbocycles. The molecule has 0 bridgehead atoms. The van der Waals surface area contributed by atoms with Crippen molar-refractivity contribution in [1.82, 2.24) is 9.47 Å². The van der Waals surface area contributed by atoms with Gasteiger partial charge < -0.3 is 10.0 Å². The van der Waals surface area contributed by atoms with Crippen LogP contribution in [0.25, 0.3) is 16.5 Å². The monoisotopic (exact) mass is 459 g/mol. The van der Waals surface area contributed by atoms with E-state index in [0.29, 0.717) is 29.2 Å². The Hall–Kier alpha value is -3.14. The van der Waals surface area contributed by atoms with Gasteiger partial charge >= 0.3 is 0 Å². The van der Waals surface area contributed by atoms with Crippen LogP contribution in [0.3, 0.4) is 0 Å². The first-order chi connectivity index (χ1) is 16.5. The number of hydrogen-bond donors (Lipinski definition) is 1. The fraction of sp³-hybridized carbons (Fsp3) is 0.393. The molecule has 0 radical (unpaired) electrons. The molecule has 2 aromatic carbocycles. The van der Waals surface area contributed by atoms with Gasteiger partial charge in [-0.2, -0.15) is 0 Å². The van der Waals surface area contributed by atoms with Gasteiger partial charge in [-0.1, -0.05) is 18.8 Å². The van der Waals surface area contributed by atoms with E-state index < -0.39 is 6.10 Å².